The molecule has 3 N–H and O–H groups in total. The van der Waals surface area contributed by atoms with E-state index in [1.165, 1.54) is 0 Å². The van der Waals surface area contributed by atoms with E-state index in [1.807, 2.05) is 54.6 Å². The fourth-order valence-electron chi connectivity index (χ4n) is 3.39. The maximum atomic E-state index is 9.85. The molecule has 0 fully saturated rings. The summed E-state index contributed by atoms with van der Waals surface area (Å²) in [5.74, 6) is 6.55. The minimum Gasteiger partial charge on any atom is -0.508 e. The van der Waals surface area contributed by atoms with Crippen molar-refractivity contribution in [3.05, 3.63) is 82.9 Å². The highest BCUT2D eigenvalue weighted by Crippen LogP contribution is 2.37. The van der Waals surface area contributed by atoms with Gasteiger partial charge in [-0.3, -0.25) is 0 Å². The van der Waals surface area contributed by atoms with Crippen molar-refractivity contribution in [3.63, 3.8) is 0 Å². The number of halogens is 1. The zero-order valence-electron chi connectivity index (χ0n) is 15.4. The van der Waals surface area contributed by atoms with Gasteiger partial charge in [-0.05, 0) is 55.5 Å². The first-order chi connectivity index (χ1) is 13.6. The lowest BCUT2D eigenvalue weighted by Gasteiger charge is -2.09. The SMILES string of the molecule is CCn1c(-c2ccc(C#Cc3ccc(Cl)cc3)cc2)c(N)c2ccc(O)cc21. The topological polar surface area (TPSA) is 51.2 Å². The molecule has 0 saturated carbocycles. The van der Waals surface area contributed by atoms with Gasteiger partial charge in [-0.15, -0.1) is 0 Å². The quantitative estimate of drug-likeness (QED) is 0.436. The van der Waals surface area contributed by atoms with Crippen LogP contribution in [0.4, 0.5) is 5.69 Å². The molecule has 0 saturated heterocycles. The summed E-state index contributed by atoms with van der Waals surface area (Å²) >= 11 is 5.91. The molecule has 0 bridgehead atoms. The van der Waals surface area contributed by atoms with Crippen LogP contribution in [0.2, 0.25) is 5.02 Å². The molecular formula is C24H19ClN2O. The van der Waals surface area contributed by atoms with E-state index in [1.54, 1.807) is 12.1 Å². The molecule has 3 aromatic carbocycles. The Balaban J connectivity index is 1.72. The number of aromatic hydroxyl groups is 1. The number of nitrogens with two attached hydrogens (primary N) is 1. The molecule has 0 unspecified atom stereocenters. The van der Waals surface area contributed by atoms with Crippen LogP contribution >= 0.6 is 11.6 Å². The normalized spacial score (nSPS) is 10.6. The smallest absolute Gasteiger partial charge is 0.117 e. The van der Waals surface area contributed by atoms with E-state index in [0.717, 1.165) is 45.5 Å². The second kappa shape index (κ2) is 7.34. The number of nitrogens with zero attached hydrogens (tertiary/aromatic N) is 1. The Morgan fingerprint density at radius 2 is 1.54 bits per heavy atom. The molecule has 0 spiro atoms. The summed E-state index contributed by atoms with van der Waals surface area (Å²) < 4.78 is 2.12. The van der Waals surface area contributed by atoms with Crippen LogP contribution in [0.15, 0.2) is 66.7 Å². The molecule has 0 atom stereocenters. The van der Waals surface area contributed by atoms with Crippen LogP contribution < -0.4 is 5.73 Å². The van der Waals surface area contributed by atoms with E-state index < -0.39 is 0 Å². The first kappa shape index (κ1) is 18.0. The van der Waals surface area contributed by atoms with E-state index in [0.29, 0.717) is 5.02 Å². The van der Waals surface area contributed by atoms with E-state index in [9.17, 15) is 5.11 Å². The lowest BCUT2D eigenvalue weighted by atomic mass is 10.1. The van der Waals surface area contributed by atoms with Crippen molar-refractivity contribution in [1.82, 2.24) is 4.57 Å². The number of rotatable bonds is 2. The van der Waals surface area contributed by atoms with Gasteiger partial charge in [0, 0.05) is 39.7 Å². The van der Waals surface area contributed by atoms with E-state index in [4.69, 9.17) is 17.3 Å². The number of phenols is 1. The molecule has 0 aliphatic rings. The number of nitrogen functional groups attached to an aromatic ring is 1. The number of aryl methyl sites for hydroxylation is 1. The van der Waals surface area contributed by atoms with E-state index in [-0.39, 0.29) is 5.75 Å². The predicted octanol–water partition coefficient (Wildman–Crippen LogP) is 5.67. The highest BCUT2D eigenvalue weighted by atomic mass is 35.5. The maximum absolute atomic E-state index is 9.85. The van der Waals surface area contributed by atoms with E-state index in [2.05, 4.69) is 23.3 Å². The first-order valence-corrected chi connectivity index (χ1v) is 9.43. The fourth-order valence-corrected chi connectivity index (χ4v) is 3.52. The van der Waals surface area contributed by atoms with Gasteiger partial charge in [0.2, 0.25) is 0 Å². The molecule has 1 aromatic heterocycles. The highest BCUT2D eigenvalue weighted by Gasteiger charge is 2.16. The Kier molecular flexibility index (Phi) is 4.73. The molecule has 28 heavy (non-hydrogen) atoms. The molecule has 4 rings (SSSR count). The molecular weight excluding hydrogens is 368 g/mol. The van der Waals surface area contributed by atoms with Crippen LogP contribution in [-0.4, -0.2) is 9.67 Å². The number of phenolic OH excluding ortho intramolecular Hbond substituents is 1. The van der Waals surface area contributed by atoms with Crippen molar-refractivity contribution in [2.45, 2.75) is 13.5 Å². The summed E-state index contributed by atoms with van der Waals surface area (Å²) in [6.07, 6.45) is 0. The zero-order valence-corrected chi connectivity index (χ0v) is 16.2. The molecule has 0 radical (unpaired) electrons. The van der Waals surface area contributed by atoms with Crippen molar-refractivity contribution in [3.8, 4) is 28.8 Å². The van der Waals surface area contributed by atoms with E-state index >= 15 is 0 Å². The summed E-state index contributed by atoms with van der Waals surface area (Å²) in [6, 6.07) is 20.8. The average Bonchev–Trinajstić information content (AvgIpc) is 2.99. The van der Waals surface area contributed by atoms with Gasteiger partial charge in [0.05, 0.1) is 16.9 Å². The van der Waals surface area contributed by atoms with Crippen LogP contribution in [0, 0.1) is 11.8 Å². The van der Waals surface area contributed by atoms with Gasteiger partial charge in [0.25, 0.3) is 0 Å². The Morgan fingerprint density at radius 1 is 0.929 bits per heavy atom. The molecule has 0 aliphatic heterocycles. The van der Waals surface area contributed by atoms with Gasteiger partial charge in [-0.2, -0.15) is 0 Å². The number of hydrogen-bond donors (Lipinski definition) is 2. The van der Waals surface area contributed by atoms with Gasteiger partial charge >= 0.3 is 0 Å². The van der Waals surface area contributed by atoms with Crippen LogP contribution in [0.5, 0.6) is 5.75 Å². The summed E-state index contributed by atoms with van der Waals surface area (Å²) in [5.41, 5.74) is 11.9. The Morgan fingerprint density at radius 3 is 2.14 bits per heavy atom. The highest BCUT2D eigenvalue weighted by molar-refractivity contribution is 6.30. The molecule has 3 nitrogen and oxygen atoms in total. The van der Waals surface area contributed by atoms with Gasteiger partial charge in [-0.25, -0.2) is 0 Å². The van der Waals surface area contributed by atoms with Crippen molar-refractivity contribution in [2.75, 3.05) is 5.73 Å². The van der Waals surface area contributed by atoms with Gasteiger partial charge < -0.3 is 15.4 Å². The average molecular weight is 387 g/mol. The standard InChI is InChI=1S/C24H19ClN2O/c1-2-27-22-15-20(28)13-14-21(22)23(26)24(27)18-9-5-16(6-10-18)3-4-17-7-11-19(25)12-8-17/h5-15,28H,2,26H2,1H3. The largest absolute Gasteiger partial charge is 0.508 e. The fraction of sp³-hybridized carbons (Fsp3) is 0.0833. The second-order valence-corrected chi connectivity index (χ2v) is 6.98. The van der Waals surface area contributed by atoms with Gasteiger partial charge in [0.15, 0.2) is 0 Å². The van der Waals surface area contributed by atoms with Crippen molar-refractivity contribution in [2.24, 2.45) is 0 Å². The van der Waals surface area contributed by atoms with Crippen molar-refractivity contribution < 1.29 is 5.11 Å². The lowest BCUT2D eigenvalue weighted by Crippen LogP contribution is -1.98. The monoisotopic (exact) mass is 386 g/mol. The lowest BCUT2D eigenvalue weighted by molar-refractivity contribution is 0.476. The molecule has 138 valence electrons. The second-order valence-electron chi connectivity index (χ2n) is 6.54. The minimum atomic E-state index is 0.235. The number of benzene rings is 3. The molecule has 1 heterocycles. The van der Waals surface area contributed by atoms with Gasteiger partial charge in [0.1, 0.15) is 5.75 Å². The Labute approximate surface area is 169 Å². The van der Waals surface area contributed by atoms with Crippen LogP contribution in [0.1, 0.15) is 18.1 Å². The van der Waals surface area contributed by atoms with Crippen molar-refractivity contribution in [1.29, 1.82) is 0 Å². The summed E-state index contributed by atoms with van der Waals surface area (Å²) in [7, 11) is 0. The number of fused-ring (bicyclic) bond motifs is 1. The molecule has 4 heteroatoms. The maximum Gasteiger partial charge on any atom is 0.117 e. The predicted molar refractivity (Wildman–Crippen MR) is 117 cm³/mol. The van der Waals surface area contributed by atoms with Crippen LogP contribution in [0.3, 0.4) is 0 Å². The third kappa shape index (κ3) is 3.31. The zero-order chi connectivity index (χ0) is 19.7. The molecule has 4 aromatic rings. The summed E-state index contributed by atoms with van der Waals surface area (Å²) in [5, 5.41) is 11.5. The molecule has 0 amide bonds. The van der Waals surface area contributed by atoms with Crippen molar-refractivity contribution >= 4 is 28.2 Å². The van der Waals surface area contributed by atoms with Crippen LogP contribution in [-0.2, 0) is 6.54 Å². The number of hydrogen-bond acceptors (Lipinski definition) is 2. The van der Waals surface area contributed by atoms with Gasteiger partial charge in [-0.1, -0.05) is 35.6 Å². The summed E-state index contributed by atoms with van der Waals surface area (Å²) in [4.78, 5) is 0. The minimum absolute atomic E-state index is 0.235. The first-order valence-electron chi connectivity index (χ1n) is 9.05. The third-order valence-electron chi connectivity index (χ3n) is 4.76. The number of aromatic nitrogens is 1. The third-order valence-corrected chi connectivity index (χ3v) is 5.01. The Bertz CT molecular complexity index is 1210. The van der Waals surface area contributed by atoms with Crippen LogP contribution in [0.25, 0.3) is 22.2 Å². The Hall–Kier alpha value is -3.35. The molecule has 0 aliphatic carbocycles. The number of anilines is 1. The summed E-state index contributed by atoms with van der Waals surface area (Å²) in [6.45, 7) is 2.82.